The Morgan fingerprint density at radius 3 is 1.66 bits per heavy atom. The van der Waals surface area contributed by atoms with Crippen LogP contribution in [-0.4, -0.2) is 28.8 Å². The van der Waals surface area contributed by atoms with Gasteiger partial charge in [0.2, 0.25) is 5.78 Å². The molecule has 2 N–H and O–H groups in total. The highest BCUT2D eigenvalue weighted by Gasteiger charge is 2.48. The normalized spacial score (nSPS) is 14.1. The van der Waals surface area contributed by atoms with Gasteiger partial charge in [-0.05, 0) is 44.9 Å². The number of hydrogen-bond donors (Lipinski definition) is 2. The van der Waals surface area contributed by atoms with Gasteiger partial charge in [0.05, 0.1) is 6.54 Å². The average Bonchev–Trinajstić information content (AvgIpc) is 2.85. The Bertz CT molecular complexity index is 551. The van der Waals surface area contributed by atoms with E-state index in [0.717, 1.165) is 32.1 Å². The van der Waals surface area contributed by atoms with Crippen LogP contribution in [0.25, 0.3) is 0 Å². The van der Waals surface area contributed by atoms with Crippen molar-refractivity contribution in [3.63, 3.8) is 0 Å². The van der Waals surface area contributed by atoms with Crippen LogP contribution in [0.2, 0.25) is 0 Å². The molecule has 0 aliphatic heterocycles. The van der Waals surface area contributed by atoms with Crippen LogP contribution in [0, 0.1) is 0 Å². The first-order valence-corrected chi connectivity index (χ1v) is 15.9. The molecule has 0 heterocycles. The summed E-state index contributed by atoms with van der Waals surface area (Å²) >= 11 is 0. The third-order valence-electron chi connectivity index (χ3n) is 7.04. The Balaban J connectivity index is 3.67. The van der Waals surface area contributed by atoms with Crippen molar-refractivity contribution in [2.24, 2.45) is 0 Å². The summed E-state index contributed by atoms with van der Waals surface area (Å²) in [5.74, 6) is -0.576. The van der Waals surface area contributed by atoms with Gasteiger partial charge in [0.15, 0.2) is 0 Å². The molecular formula is C29H56NO4P. The fraction of sp³-hybridized carbons (Fsp3) is 0.897. The summed E-state index contributed by atoms with van der Waals surface area (Å²) in [6, 6.07) is 0.107. The van der Waals surface area contributed by atoms with E-state index in [0.29, 0.717) is 6.42 Å². The second-order valence-electron chi connectivity index (χ2n) is 10.1. The minimum Gasteiger partial charge on any atom is -0.593 e. The molecule has 0 saturated carbocycles. The molecule has 0 spiro atoms. The molecule has 6 heteroatoms. The predicted octanol–water partition coefficient (Wildman–Crippen LogP) is 7.72. The molecule has 0 radical (unpaired) electrons. The van der Waals surface area contributed by atoms with Gasteiger partial charge in [-0.2, -0.15) is 0 Å². The lowest BCUT2D eigenvalue weighted by Crippen LogP contribution is -2.48. The van der Waals surface area contributed by atoms with Gasteiger partial charge in [0, 0.05) is 12.5 Å². The SMILES string of the molecule is CCCCCCCC/C=C/CCCCCCCCCCCC(=O)C(O)(CNC(CC)CC)[P+](=O)[O-]. The molecule has 2 unspecified atom stereocenters. The molecule has 0 bridgehead atoms. The maximum Gasteiger partial charge on any atom is 0.354 e. The van der Waals surface area contributed by atoms with Crippen LogP contribution in [0.1, 0.15) is 149 Å². The number of rotatable bonds is 26. The summed E-state index contributed by atoms with van der Waals surface area (Å²) in [4.78, 5) is 24.0. The van der Waals surface area contributed by atoms with E-state index in [1.807, 2.05) is 13.8 Å². The highest BCUT2D eigenvalue weighted by atomic mass is 31.1. The summed E-state index contributed by atoms with van der Waals surface area (Å²) in [5.41, 5.74) is 0. The van der Waals surface area contributed by atoms with Crippen LogP contribution < -0.4 is 10.2 Å². The minimum atomic E-state index is -3.23. The van der Waals surface area contributed by atoms with Gasteiger partial charge in [-0.3, -0.25) is 4.79 Å². The zero-order valence-corrected chi connectivity index (χ0v) is 24.1. The second-order valence-corrected chi connectivity index (χ2v) is 11.4. The number of aliphatic hydroxyl groups is 1. The standard InChI is InChI=1S/C29H56NO4P/c1-4-7-8-9-10-11-12-13-14-15-16-17-18-19-20-21-22-23-24-25-28(31)29(32,35(33)34)26-30-27(5-2)6-3/h13-14,27,30,32H,4-12,15-26H2,1-3H3/b14-13+. The number of hydrogen-bond acceptors (Lipinski definition) is 5. The van der Waals surface area contributed by atoms with Crippen molar-refractivity contribution < 1.29 is 19.4 Å². The van der Waals surface area contributed by atoms with E-state index in [4.69, 9.17) is 0 Å². The predicted molar refractivity (Wildman–Crippen MR) is 148 cm³/mol. The van der Waals surface area contributed by atoms with E-state index in [2.05, 4.69) is 24.4 Å². The largest absolute Gasteiger partial charge is 0.593 e. The first-order chi connectivity index (χ1) is 16.9. The molecule has 0 amide bonds. The molecule has 0 fully saturated rings. The number of nitrogens with one attached hydrogen (secondary N) is 1. The van der Waals surface area contributed by atoms with E-state index in [1.54, 1.807) is 0 Å². The number of Topliss-reactive ketones (excluding diaryl/α,β-unsaturated/α-hetero) is 1. The van der Waals surface area contributed by atoms with Crippen LogP contribution >= 0.6 is 8.03 Å². The van der Waals surface area contributed by atoms with Crippen molar-refractivity contribution in [1.82, 2.24) is 5.32 Å². The summed E-state index contributed by atoms with van der Waals surface area (Å²) in [6.45, 7) is 6.04. The topological polar surface area (TPSA) is 89.5 Å². The van der Waals surface area contributed by atoms with E-state index in [1.165, 1.54) is 83.5 Å². The third-order valence-corrected chi connectivity index (χ3v) is 8.05. The van der Waals surface area contributed by atoms with E-state index >= 15 is 0 Å². The fourth-order valence-corrected chi connectivity index (χ4v) is 4.93. The highest BCUT2D eigenvalue weighted by Crippen LogP contribution is 2.31. The monoisotopic (exact) mass is 513 g/mol. The molecule has 0 aromatic carbocycles. The molecule has 0 aliphatic carbocycles. The number of unbranched alkanes of at least 4 members (excludes halogenated alkanes) is 15. The lowest BCUT2D eigenvalue weighted by Gasteiger charge is -2.22. The maximum atomic E-state index is 12.4. The number of carbonyl (C=O) groups excluding carboxylic acids is 1. The molecule has 0 aromatic rings. The van der Waals surface area contributed by atoms with Crippen LogP contribution in [0.3, 0.4) is 0 Å². The summed E-state index contributed by atoms with van der Waals surface area (Å²) in [6.07, 6.45) is 27.3. The molecule has 206 valence electrons. The van der Waals surface area contributed by atoms with Crippen molar-refractivity contribution in [2.75, 3.05) is 6.54 Å². The molecule has 2 atom stereocenters. The lowest BCUT2D eigenvalue weighted by molar-refractivity contribution is -0.180. The summed E-state index contributed by atoms with van der Waals surface area (Å²) < 4.78 is 11.6. The molecule has 0 saturated heterocycles. The van der Waals surface area contributed by atoms with Crippen molar-refractivity contribution in [1.29, 1.82) is 0 Å². The van der Waals surface area contributed by atoms with Crippen molar-refractivity contribution in [3.8, 4) is 0 Å². The van der Waals surface area contributed by atoms with Crippen LogP contribution in [0.5, 0.6) is 0 Å². The van der Waals surface area contributed by atoms with Crippen LogP contribution in [0.4, 0.5) is 0 Å². The number of ketones is 1. The fourth-order valence-electron chi connectivity index (χ4n) is 4.39. The van der Waals surface area contributed by atoms with Gasteiger partial charge < -0.3 is 15.3 Å². The van der Waals surface area contributed by atoms with Crippen molar-refractivity contribution in [2.45, 2.75) is 161 Å². The van der Waals surface area contributed by atoms with E-state index in [9.17, 15) is 19.4 Å². The Hall–Kier alpha value is -0.610. The third kappa shape index (κ3) is 18.3. The number of allylic oxidation sites excluding steroid dienone is 2. The van der Waals surface area contributed by atoms with Gasteiger partial charge in [0.25, 0.3) is 0 Å². The Morgan fingerprint density at radius 1 is 0.800 bits per heavy atom. The minimum absolute atomic E-state index is 0.107. The average molecular weight is 514 g/mol. The van der Waals surface area contributed by atoms with Crippen molar-refractivity contribution >= 4 is 13.8 Å². The van der Waals surface area contributed by atoms with E-state index in [-0.39, 0.29) is 19.0 Å². The second kappa shape index (κ2) is 23.8. The molecule has 5 nitrogen and oxygen atoms in total. The van der Waals surface area contributed by atoms with E-state index < -0.39 is 19.2 Å². The van der Waals surface area contributed by atoms with Crippen LogP contribution in [0.15, 0.2) is 12.2 Å². The van der Waals surface area contributed by atoms with Gasteiger partial charge >= 0.3 is 13.4 Å². The summed E-state index contributed by atoms with van der Waals surface area (Å²) in [7, 11) is -3.23. The molecule has 0 rings (SSSR count). The zero-order valence-electron chi connectivity index (χ0n) is 23.2. The highest BCUT2D eigenvalue weighted by molar-refractivity contribution is 7.39. The van der Waals surface area contributed by atoms with Gasteiger partial charge in [-0.1, -0.05) is 115 Å². The zero-order chi connectivity index (χ0) is 26.2. The molecule has 0 aromatic heterocycles. The maximum absolute atomic E-state index is 12.4. The Labute approximate surface area is 217 Å². The first-order valence-electron chi connectivity index (χ1n) is 14.7. The molecule has 35 heavy (non-hydrogen) atoms. The van der Waals surface area contributed by atoms with Gasteiger partial charge in [-0.25, -0.2) is 0 Å². The lowest BCUT2D eigenvalue weighted by atomic mass is 10.0. The smallest absolute Gasteiger partial charge is 0.354 e. The summed E-state index contributed by atoms with van der Waals surface area (Å²) in [5, 5.41) is 11.2. The Kier molecular flexibility index (Phi) is 23.4. The molecule has 0 aliphatic rings. The van der Waals surface area contributed by atoms with Crippen LogP contribution in [-0.2, 0) is 9.36 Å². The first kappa shape index (κ1) is 34.4. The van der Waals surface area contributed by atoms with Crippen molar-refractivity contribution in [3.05, 3.63) is 12.2 Å². The molecular weight excluding hydrogens is 457 g/mol. The van der Waals surface area contributed by atoms with Gasteiger partial charge in [0.1, 0.15) is 0 Å². The number of carbonyl (C=O) groups is 1. The van der Waals surface area contributed by atoms with Gasteiger partial charge in [-0.15, -0.1) is 0 Å². The quantitative estimate of drug-likeness (QED) is 0.0702. The Morgan fingerprint density at radius 2 is 1.23 bits per heavy atom.